The predicted molar refractivity (Wildman–Crippen MR) is 52.3 cm³/mol. The number of carbonyl (C=O) groups is 1. The molecule has 0 saturated heterocycles. The minimum absolute atomic E-state index is 0.293. The monoisotopic (exact) mass is 181 g/mol. The molecule has 2 aliphatic carbocycles. The summed E-state index contributed by atoms with van der Waals surface area (Å²) in [7, 11) is 0. The van der Waals surface area contributed by atoms with Gasteiger partial charge in [-0.3, -0.25) is 4.79 Å². The third-order valence-corrected chi connectivity index (χ3v) is 3.50. The van der Waals surface area contributed by atoms with E-state index in [2.05, 4.69) is 0 Å². The summed E-state index contributed by atoms with van der Waals surface area (Å²) in [5.41, 5.74) is 5.52. The highest BCUT2D eigenvalue weighted by molar-refractivity contribution is 5.88. The van der Waals surface area contributed by atoms with E-state index in [1.54, 1.807) is 0 Å². The summed E-state index contributed by atoms with van der Waals surface area (Å²) in [5.74, 6) is 1.63. The Kier molecular flexibility index (Phi) is 2.18. The van der Waals surface area contributed by atoms with Gasteiger partial charge in [0.25, 0.3) is 0 Å². The second-order valence-electron chi connectivity index (χ2n) is 4.96. The maximum atomic E-state index is 11.8. The van der Waals surface area contributed by atoms with Crippen LogP contribution in [0.15, 0.2) is 0 Å². The topological polar surface area (TPSA) is 43.1 Å². The summed E-state index contributed by atoms with van der Waals surface area (Å²) < 4.78 is 0. The van der Waals surface area contributed by atoms with Crippen LogP contribution in [0.4, 0.5) is 0 Å². The van der Waals surface area contributed by atoms with Gasteiger partial charge in [-0.15, -0.1) is 0 Å². The molecule has 0 aliphatic heterocycles. The van der Waals surface area contributed by atoms with E-state index >= 15 is 0 Å². The molecule has 1 unspecified atom stereocenters. The first kappa shape index (κ1) is 9.20. The van der Waals surface area contributed by atoms with E-state index in [0.717, 1.165) is 25.2 Å². The molecule has 2 nitrogen and oxygen atoms in total. The van der Waals surface area contributed by atoms with Gasteiger partial charge in [0.05, 0.1) is 5.54 Å². The van der Waals surface area contributed by atoms with Crippen LogP contribution in [-0.2, 0) is 4.79 Å². The average Bonchev–Trinajstić information content (AvgIpc) is 2.87. The van der Waals surface area contributed by atoms with Crippen molar-refractivity contribution in [1.29, 1.82) is 0 Å². The molecule has 0 aromatic rings. The molecule has 2 N–H and O–H groups in total. The van der Waals surface area contributed by atoms with Crippen molar-refractivity contribution in [1.82, 2.24) is 0 Å². The molecule has 2 aliphatic rings. The van der Waals surface area contributed by atoms with Gasteiger partial charge in [-0.2, -0.15) is 0 Å². The number of carbonyl (C=O) groups excluding carboxylic acids is 1. The van der Waals surface area contributed by atoms with Gasteiger partial charge in [-0.25, -0.2) is 0 Å². The first-order valence-electron chi connectivity index (χ1n) is 5.43. The van der Waals surface area contributed by atoms with Crippen molar-refractivity contribution in [2.24, 2.45) is 17.6 Å². The third kappa shape index (κ3) is 2.11. The summed E-state index contributed by atoms with van der Waals surface area (Å²) in [4.78, 5) is 11.8. The molecule has 0 aromatic heterocycles. The molecule has 2 saturated carbocycles. The fraction of sp³-hybridized carbons (Fsp3) is 0.909. The van der Waals surface area contributed by atoms with Crippen molar-refractivity contribution in [3.8, 4) is 0 Å². The number of hydrogen-bond acceptors (Lipinski definition) is 2. The van der Waals surface area contributed by atoms with E-state index in [9.17, 15) is 4.79 Å². The molecular formula is C11H19NO. The zero-order valence-corrected chi connectivity index (χ0v) is 8.38. The number of rotatable bonds is 5. The van der Waals surface area contributed by atoms with Crippen LogP contribution in [-0.4, -0.2) is 11.3 Å². The van der Waals surface area contributed by atoms with Crippen LogP contribution in [0, 0.1) is 11.8 Å². The molecule has 74 valence electrons. The van der Waals surface area contributed by atoms with Gasteiger partial charge in [0.2, 0.25) is 0 Å². The Morgan fingerprint density at radius 1 is 1.38 bits per heavy atom. The average molecular weight is 181 g/mol. The van der Waals surface area contributed by atoms with Crippen LogP contribution in [0.5, 0.6) is 0 Å². The lowest BCUT2D eigenvalue weighted by atomic mass is 9.89. The second kappa shape index (κ2) is 3.09. The smallest absolute Gasteiger partial charge is 0.152 e. The molecule has 0 heterocycles. The van der Waals surface area contributed by atoms with Crippen molar-refractivity contribution >= 4 is 5.78 Å². The fourth-order valence-electron chi connectivity index (χ4n) is 1.92. The highest BCUT2D eigenvalue weighted by Crippen LogP contribution is 2.40. The van der Waals surface area contributed by atoms with Crippen LogP contribution in [0.2, 0.25) is 0 Å². The van der Waals surface area contributed by atoms with Gasteiger partial charge in [0.15, 0.2) is 5.78 Å². The van der Waals surface area contributed by atoms with Crippen LogP contribution in [0.3, 0.4) is 0 Å². The summed E-state index contributed by atoms with van der Waals surface area (Å²) >= 11 is 0. The molecule has 0 aromatic carbocycles. The highest BCUT2D eigenvalue weighted by Gasteiger charge is 2.43. The van der Waals surface area contributed by atoms with E-state index < -0.39 is 5.54 Å². The van der Waals surface area contributed by atoms with Gasteiger partial charge < -0.3 is 5.73 Å². The predicted octanol–water partition coefficient (Wildman–Crippen LogP) is 1.87. The van der Waals surface area contributed by atoms with Crippen molar-refractivity contribution in [3.05, 3.63) is 0 Å². The molecule has 0 spiro atoms. The Bertz CT molecular complexity index is 214. The summed E-state index contributed by atoms with van der Waals surface area (Å²) in [6.07, 6.45) is 6.77. The van der Waals surface area contributed by atoms with Crippen LogP contribution in [0.1, 0.15) is 45.4 Å². The Hall–Kier alpha value is -0.370. The fourth-order valence-corrected chi connectivity index (χ4v) is 1.92. The van der Waals surface area contributed by atoms with E-state index in [1.165, 1.54) is 12.8 Å². The lowest BCUT2D eigenvalue weighted by Crippen LogP contribution is -2.47. The quantitative estimate of drug-likeness (QED) is 0.703. The maximum absolute atomic E-state index is 11.8. The standard InChI is InChI=1S/C11H19NO/c1-11(12,9-5-6-9)10(13)7-4-8-2-3-8/h8-9H,2-7,12H2,1H3. The largest absolute Gasteiger partial charge is 0.319 e. The Balaban J connectivity index is 1.79. The third-order valence-electron chi connectivity index (χ3n) is 3.50. The zero-order valence-electron chi connectivity index (χ0n) is 8.38. The van der Waals surface area contributed by atoms with Crippen molar-refractivity contribution in [2.75, 3.05) is 0 Å². The van der Waals surface area contributed by atoms with E-state index in [-0.39, 0.29) is 0 Å². The number of hydrogen-bond donors (Lipinski definition) is 1. The molecule has 2 rings (SSSR count). The van der Waals surface area contributed by atoms with Crippen LogP contribution < -0.4 is 5.73 Å². The summed E-state index contributed by atoms with van der Waals surface area (Å²) in [6, 6.07) is 0. The SMILES string of the molecule is CC(N)(C(=O)CCC1CC1)C1CC1. The molecule has 0 radical (unpaired) electrons. The Morgan fingerprint density at radius 2 is 2.00 bits per heavy atom. The van der Waals surface area contributed by atoms with E-state index in [1.807, 2.05) is 6.92 Å². The number of Topliss-reactive ketones (excluding diaryl/α,β-unsaturated/α-hetero) is 1. The molecule has 2 fully saturated rings. The Labute approximate surface area is 79.9 Å². The van der Waals surface area contributed by atoms with Gasteiger partial charge >= 0.3 is 0 Å². The molecule has 0 amide bonds. The van der Waals surface area contributed by atoms with Crippen LogP contribution >= 0.6 is 0 Å². The lowest BCUT2D eigenvalue weighted by molar-refractivity contribution is -0.124. The normalized spacial score (nSPS) is 26.9. The second-order valence-corrected chi connectivity index (χ2v) is 4.96. The maximum Gasteiger partial charge on any atom is 0.152 e. The van der Waals surface area contributed by atoms with E-state index in [4.69, 9.17) is 5.73 Å². The van der Waals surface area contributed by atoms with Gasteiger partial charge in [-0.1, -0.05) is 12.8 Å². The first-order chi connectivity index (χ1) is 6.10. The minimum atomic E-state index is -0.505. The van der Waals surface area contributed by atoms with Crippen LogP contribution in [0.25, 0.3) is 0 Å². The lowest BCUT2D eigenvalue weighted by Gasteiger charge is -2.22. The van der Waals surface area contributed by atoms with Crippen molar-refractivity contribution < 1.29 is 4.79 Å². The molecular weight excluding hydrogens is 162 g/mol. The molecule has 1 atom stereocenters. The van der Waals surface area contributed by atoms with Gasteiger partial charge in [0, 0.05) is 6.42 Å². The molecule has 2 heteroatoms. The Morgan fingerprint density at radius 3 is 2.46 bits per heavy atom. The summed E-state index contributed by atoms with van der Waals surface area (Å²) in [5, 5.41) is 0. The highest BCUT2D eigenvalue weighted by atomic mass is 16.1. The van der Waals surface area contributed by atoms with Gasteiger partial charge in [0.1, 0.15) is 0 Å². The summed E-state index contributed by atoms with van der Waals surface area (Å²) in [6.45, 7) is 1.92. The first-order valence-corrected chi connectivity index (χ1v) is 5.43. The zero-order chi connectivity index (χ0) is 9.47. The van der Waals surface area contributed by atoms with Crippen molar-refractivity contribution in [3.63, 3.8) is 0 Å². The minimum Gasteiger partial charge on any atom is -0.319 e. The van der Waals surface area contributed by atoms with Crippen molar-refractivity contribution in [2.45, 2.75) is 51.0 Å². The number of ketones is 1. The molecule has 0 bridgehead atoms. The van der Waals surface area contributed by atoms with Gasteiger partial charge in [-0.05, 0) is 38.0 Å². The molecule has 13 heavy (non-hydrogen) atoms. The van der Waals surface area contributed by atoms with E-state index in [0.29, 0.717) is 18.1 Å². The number of nitrogens with two attached hydrogens (primary N) is 1.